The first-order chi connectivity index (χ1) is 11.4. The molecule has 3 rings (SSSR count). The van der Waals surface area contributed by atoms with Crippen LogP contribution in [0.5, 0.6) is 0 Å². The molecule has 126 valence electrons. The summed E-state index contributed by atoms with van der Waals surface area (Å²) < 4.78 is 1.78. The Hall–Kier alpha value is -2.13. The van der Waals surface area contributed by atoms with Crippen molar-refractivity contribution in [3.63, 3.8) is 0 Å². The van der Waals surface area contributed by atoms with Gasteiger partial charge in [0.15, 0.2) is 5.65 Å². The first-order valence-electron chi connectivity index (χ1n) is 8.60. The zero-order chi connectivity index (χ0) is 17.3. The SMILES string of the molecule is CCCc1ccc2nc(NC(=O)C3CC3)nn2c1C#C[Si](C)(C)C. The summed E-state index contributed by atoms with van der Waals surface area (Å²) in [7, 11) is -1.49. The fourth-order valence-electron chi connectivity index (χ4n) is 2.45. The Morgan fingerprint density at radius 3 is 2.75 bits per heavy atom. The van der Waals surface area contributed by atoms with Crippen LogP contribution in [0.25, 0.3) is 5.65 Å². The molecule has 1 saturated carbocycles. The number of rotatable bonds is 4. The lowest BCUT2D eigenvalue weighted by Gasteiger charge is -2.07. The molecule has 6 heteroatoms. The van der Waals surface area contributed by atoms with Crippen molar-refractivity contribution in [2.24, 2.45) is 5.92 Å². The van der Waals surface area contributed by atoms with Gasteiger partial charge in [-0.1, -0.05) is 45.0 Å². The first-order valence-corrected chi connectivity index (χ1v) is 12.1. The predicted molar refractivity (Wildman–Crippen MR) is 98.6 cm³/mol. The van der Waals surface area contributed by atoms with E-state index in [4.69, 9.17) is 0 Å². The van der Waals surface area contributed by atoms with E-state index in [2.05, 4.69) is 59.5 Å². The van der Waals surface area contributed by atoms with Crippen LogP contribution in [0.2, 0.25) is 19.6 Å². The topological polar surface area (TPSA) is 59.3 Å². The van der Waals surface area contributed by atoms with Crippen molar-refractivity contribution < 1.29 is 4.79 Å². The lowest BCUT2D eigenvalue weighted by Crippen LogP contribution is -2.17. The van der Waals surface area contributed by atoms with Crippen LogP contribution in [0.1, 0.15) is 37.4 Å². The second kappa shape index (κ2) is 6.40. The van der Waals surface area contributed by atoms with Gasteiger partial charge in [0.05, 0.1) is 0 Å². The summed E-state index contributed by atoms with van der Waals surface area (Å²) in [5.41, 5.74) is 6.22. The van der Waals surface area contributed by atoms with Gasteiger partial charge in [0.25, 0.3) is 0 Å². The van der Waals surface area contributed by atoms with Crippen molar-refractivity contribution in [2.45, 2.75) is 52.2 Å². The Kier molecular flexibility index (Phi) is 4.46. The van der Waals surface area contributed by atoms with Crippen molar-refractivity contribution in [3.05, 3.63) is 23.4 Å². The molecule has 0 bridgehead atoms. The van der Waals surface area contributed by atoms with E-state index in [1.165, 1.54) is 5.56 Å². The van der Waals surface area contributed by atoms with E-state index in [0.717, 1.165) is 37.0 Å². The van der Waals surface area contributed by atoms with Gasteiger partial charge in [0.1, 0.15) is 13.8 Å². The minimum atomic E-state index is -1.49. The van der Waals surface area contributed by atoms with Crippen LogP contribution in [0.4, 0.5) is 5.95 Å². The van der Waals surface area contributed by atoms with Crippen molar-refractivity contribution in [2.75, 3.05) is 5.32 Å². The van der Waals surface area contributed by atoms with Crippen LogP contribution in [0, 0.1) is 17.4 Å². The highest BCUT2D eigenvalue weighted by atomic mass is 28.3. The molecule has 2 aromatic rings. The number of carbonyl (C=O) groups excluding carboxylic acids is 1. The normalized spacial score (nSPS) is 14.3. The number of fused-ring (bicyclic) bond motifs is 1. The third-order valence-corrected chi connectivity index (χ3v) is 4.72. The smallest absolute Gasteiger partial charge is 0.249 e. The maximum absolute atomic E-state index is 11.9. The summed E-state index contributed by atoms with van der Waals surface area (Å²) in [6, 6.07) is 4.03. The van der Waals surface area contributed by atoms with Crippen molar-refractivity contribution in [1.29, 1.82) is 0 Å². The molecule has 0 radical (unpaired) electrons. The number of carbonyl (C=O) groups is 1. The molecular weight excluding hydrogens is 316 g/mol. The molecule has 2 heterocycles. The van der Waals surface area contributed by atoms with E-state index in [0.29, 0.717) is 5.95 Å². The quantitative estimate of drug-likeness (QED) is 0.686. The predicted octanol–water partition coefficient (Wildman–Crippen LogP) is 3.26. The fourth-order valence-corrected chi connectivity index (χ4v) is 2.94. The minimum absolute atomic E-state index is 0.0226. The van der Waals surface area contributed by atoms with Crippen LogP contribution in [-0.4, -0.2) is 28.6 Å². The molecule has 0 aliphatic heterocycles. The second-order valence-corrected chi connectivity index (χ2v) is 12.2. The molecule has 2 aromatic heterocycles. The number of hydrogen-bond acceptors (Lipinski definition) is 3. The number of aryl methyl sites for hydroxylation is 1. The Labute approximate surface area is 143 Å². The molecule has 0 aromatic carbocycles. The third kappa shape index (κ3) is 3.85. The highest BCUT2D eigenvalue weighted by molar-refractivity contribution is 6.83. The van der Waals surface area contributed by atoms with E-state index < -0.39 is 8.07 Å². The maximum atomic E-state index is 11.9. The van der Waals surface area contributed by atoms with Crippen LogP contribution >= 0.6 is 0 Å². The minimum Gasteiger partial charge on any atom is -0.293 e. The summed E-state index contributed by atoms with van der Waals surface area (Å²) >= 11 is 0. The lowest BCUT2D eigenvalue weighted by molar-refractivity contribution is -0.117. The van der Waals surface area contributed by atoms with Crippen LogP contribution in [0.15, 0.2) is 12.1 Å². The first kappa shape index (κ1) is 16.7. The van der Waals surface area contributed by atoms with E-state index in [1.807, 2.05) is 6.07 Å². The van der Waals surface area contributed by atoms with E-state index in [1.54, 1.807) is 4.52 Å². The molecule has 24 heavy (non-hydrogen) atoms. The molecule has 5 nitrogen and oxygen atoms in total. The molecule has 0 spiro atoms. The van der Waals surface area contributed by atoms with Crippen LogP contribution in [0.3, 0.4) is 0 Å². The number of nitrogens with zero attached hydrogens (tertiary/aromatic N) is 3. The molecular formula is C18H24N4OSi. The summed E-state index contributed by atoms with van der Waals surface area (Å²) in [5.74, 6) is 3.87. The third-order valence-electron chi connectivity index (χ3n) is 3.84. The largest absolute Gasteiger partial charge is 0.293 e. The van der Waals surface area contributed by atoms with Gasteiger partial charge in [-0.3, -0.25) is 10.1 Å². The average molecular weight is 341 g/mol. The Bertz CT molecular complexity index is 834. The molecule has 1 amide bonds. The summed E-state index contributed by atoms with van der Waals surface area (Å²) in [6.07, 6.45) is 3.93. The molecule has 1 aliphatic carbocycles. The van der Waals surface area contributed by atoms with Gasteiger partial charge < -0.3 is 0 Å². The maximum Gasteiger partial charge on any atom is 0.249 e. The molecule has 0 saturated heterocycles. The molecule has 1 N–H and O–H groups in total. The Morgan fingerprint density at radius 2 is 2.12 bits per heavy atom. The van der Waals surface area contributed by atoms with Gasteiger partial charge in [-0.15, -0.1) is 10.6 Å². The summed E-state index contributed by atoms with van der Waals surface area (Å²) in [4.78, 5) is 16.4. The Morgan fingerprint density at radius 1 is 1.38 bits per heavy atom. The van der Waals surface area contributed by atoms with Crippen LogP contribution < -0.4 is 5.32 Å². The Balaban J connectivity index is 2.02. The number of anilines is 1. The van der Waals surface area contributed by atoms with Gasteiger partial charge in [0.2, 0.25) is 11.9 Å². The van der Waals surface area contributed by atoms with Gasteiger partial charge in [-0.25, -0.2) is 4.52 Å². The number of hydrogen-bond donors (Lipinski definition) is 1. The van der Waals surface area contributed by atoms with E-state index >= 15 is 0 Å². The summed E-state index contributed by atoms with van der Waals surface area (Å²) in [6.45, 7) is 8.83. The monoisotopic (exact) mass is 340 g/mol. The molecule has 0 atom stereocenters. The van der Waals surface area contributed by atoms with Gasteiger partial charge >= 0.3 is 0 Å². The number of pyridine rings is 1. The van der Waals surface area contributed by atoms with Crippen LogP contribution in [-0.2, 0) is 11.2 Å². The van der Waals surface area contributed by atoms with Gasteiger partial charge in [0, 0.05) is 5.92 Å². The van der Waals surface area contributed by atoms with Crippen molar-refractivity contribution in [3.8, 4) is 11.5 Å². The van der Waals surface area contributed by atoms with Gasteiger partial charge in [-0.05, 0) is 30.9 Å². The number of nitrogens with one attached hydrogen (secondary N) is 1. The van der Waals surface area contributed by atoms with Gasteiger partial charge in [-0.2, -0.15) is 4.98 Å². The fraction of sp³-hybridized carbons (Fsp3) is 0.500. The number of aromatic nitrogens is 3. The zero-order valence-electron chi connectivity index (χ0n) is 14.8. The highest BCUT2D eigenvalue weighted by Gasteiger charge is 2.30. The molecule has 1 fully saturated rings. The van der Waals surface area contributed by atoms with Crippen molar-refractivity contribution in [1.82, 2.24) is 14.6 Å². The van der Waals surface area contributed by atoms with Crippen molar-refractivity contribution >= 4 is 25.6 Å². The van der Waals surface area contributed by atoms with E-state index in [-0.39, 0.29) is 11.8 Å². The summed E-state index contributed by atoms with van der Waals surface area (Å²) in [5, 5.41) is 7.32. The zero-order valence-corrected chi connectivity index (χ0v) is 15.8. The lowest BCUT2D eigenvalue weighted by atomic mass is 10.1. The average Bonchev–Trinajstić information content (AvgIpc) is 3.27. The standard InChI is InChI=1S/C18H24N4OSi/c1-5-6-13-9-10-16-19-18(20-17(23)14-7-8-14)21-22(16)15(13)11-12-24(2,3)4/h9-10,14H,5-8H2,1-4H3,(H,20,21,23). The second-order valence-electron chi connectivity index (χ2n) is 7.43. The highest BCUT2D eigenvalue weighted by Crippen LogP contribution is 2.29. The molecule has 0 unspecified atom stereocenters. The molecule has 1 aliphatic rings. The van der Waals surface area contributed by atoms with E-state index in [9.17, 15) is 4.79 Å². The number of amides is 1.